The molecule has 1 aromatic heterocycles. The second-order valence-electron chi connectivity index (χ2n) is 4.89. The Bertz CT molecular complexity index is 677. The molecule has 2 N–H and O–H groups in total. The number of carbonyl (C=O) groups excluding carboxylic acids is 2. The Kier molecular flexibility index (Phi) is 4.75. The summed E-state index contributed by atoms with van der Waals surface area (Å²) >= 11 is 1.41. The van der Waals surface area contributed by atoms with Crippen molar-refractivity contribution in [2.24, 2.45) is 0 Å². The van der Waals surface area contributed by atoms with Gasteiger partial charge in [-0.3, -0.25) is 9.59 Å². The van der Waals surface area contributed by atoms with Gasteiger partial charge < -0.3 is 10.6 Å². The van der Waals surface area contributed by atoms with Gasteiger partial charge in [-0.1, -0.05) is 12.1 Å². The number of carbonyl (C=O) groups is 2. The molecule has 2 amide bonds. The topological polar surface area (TPSA) is 58.2 Å². The van der Waals surface area contributed by atoms with E-state index >= 15 is 0 Å². The Hall–Kier alpha value is -2.14. The lowest BCUT2D eigenvalue weighted by molar-refractivity contribution is -0.115. The average molecular weight is 302 g/mol. The van der Waals surface area contributed by atoms with Gasteiger partial charge in [-0.15, -0.1) is 11.3 Å². The summed E-state index contributed by atoms with van der Waals surface area (Å²) in [4.78, 5) is 25.4. The minimum atomic E-state index is -0.231. The number of rotatable bonds is 4. The van der Waals surface area contributed by atoms with Gasteiger partial charge >= 0.3 is 0 Å². The van der Waals surface area contributed by atoms with E-state index in [1.54, 1.807) is 6.07 Å². The van der Waals surface area contributed by atoms with Crippen molar-refractivity contribution in [3.05, 3.63) is 51.2 Å². The first-order valence-electron chi connectivity index (χ1n) is 6.68. The number of anilines is 1. The van der Waals surface area contributed by atoms with Crippen LogP contribution in [0.3, 0.4) is 0 Å². The summed E-state index contributed by atoms with van der Waals surface area (Å²) in [5.41, 5.74) is 2.93. The van der Waals surface area contributed by atoms with E-state index in [1.165, 1.54) is 11.3 Å². The van der Waals surface area contributed by atoms with Crippen LogP contribution in [0.4, 0.5) is 5.69 Å². The molecule has 1 heterocycles. The van der Waals surface area contributed by atoms with Gasteiger partial charge in [0.05, 0.1) is 11.4 Å². The highest BCUT2D eigenvalue weighted by Crippen LogP contribution is 2.18. The molecule has 1 aromatic carbocycles. The zero-order chi connectivity index (χ0) is 15.4. The van der Waals surface area contributed by atoms with Gasteiger partial charge in [0.2, 0.25) is 5.91 Å². The van der Waals surface area contributed by atoms with Crippen molar-refractivity contribution in [1.82, 2.24) is 5.32 Å². The van der Waals surface area contributed by atoms with Crippen molar-refractivity contribution in [3.8, 4) is 0 Å². The van der Waals surface area contributed by atoms with E-state index in [4.69, 9.17) is 0 Å². The fourth-order valence-corrected chi connectivity index (χ4v) is 2.67. The summed E-state index contributed by atoms with van der Waals surface area (Å²) in [6.45, 7) is 5.85. The average Bonchev–Trinajstić information content (AvgIpc) is 2.88. The Morgan fingerprint density at radius 1 is 1.10 bits per heavy atom. The molecule has 4 nitrogen and oxygen atoms in total. The van der Waals surface area contributed by atoms with Gasteiger partial charge in [-0.05, 0) is 50.1 Å². The van der Waals surface area contributed by atoms with Gasteiger partial charge in [0.25, 0.3) is 5.91 Å². The van der Waals surface area contributed by atoms with Crippen molar-refractivity contribution < 1.29 is 9.59 Å². The number of benzene rings is 1. The maximum Gasteiger partial charge on any atom is 0.261 e. The van der Waals surface area contributed by atoms with Crippen molar-refractivity contribution in [2.45, 2.75) is 20.8 Å². The Labute approximate surface area is 128 Å². The van der Waals surface area contributed by atoms with Crippen LogP contribution in [-0.2, 0) is 4.79 Å². The summed E-state index contributed by atoms with van der Waals surface area (Å²) < 4.78 is 0. The molecule has 0 radical (unpaired) electrons. The second kappa shape index (κ2) is 6.54. The first-order chi connectivity index (χ1) is 9.97. The van der Waals surface area contributed by atoms with Crippen LogP contribution in [0.1, 0.15) is 25.7 Å². The Balaban J connectivity index is 1.90. The van der Waals surface area contributed by atoms with E-state index in [2.05, 4.69) is 10.6 Å². The first-order valence-corrected chi connectivity index (χ1v) is 7.49. The third-order valence-corrected chi connectivity index (χ3v) is 4.25. The number of thiophene rings is 1. The molecule has 0 atom stereocenters. The van der Waals surface area contributed by atoms with Gasteiger partial charge in [0.15, 0.2) is 0 Å². The SMILES string of the molecule is Cc1ccc(C(=O)NCC(=O)Nc2cccc(C)c2C)s1. The number of hydrogen-bond acceptors (Lipinski definition) is 3. The van der Waals surface area contributed by atoms with Crippen molar-refractivity contribution in [1.29, 1.82) is 0 Å². The maximum absolute atomic E-state index is 11.9. The van der Waals surface area contributed by atoms with E-state index in [-0.39, 0.29) is 18.4 Å². The van der Waals surface area contributed by atoms with E-state index in [9.17, 15) is 9.59 Å². The lowest BCUT2D eigenvalue weighted by atomic mass is 10.1. The zero-order valence-corrected chi connectivity index (χ0v) is 13.1. The van der Waals surface area contributed by atoms with Crippen molar-refractivity contribution in [2.75, 3.05) is 11.9 Å². The van der Waals surface area contributed by atoms with Crippen LogP contribution in [-0.4, -0.2) is 18.4 Å². The Morgan fingerprint density at radius 3 is 2.52 bits per heavy atom. The molecule has 0 aliphatic carbocycles. The molecule has 0 saturated heterocycles. The lowest BCUT2D eigenvalue weighted by Gasteiger charge is -2.10. The lowest BCUT2D eigenvalue weighted by Crippen LogP contribution is -2.32. The Morgan fingerprint density at radius 2 is 1.86 bits per heavy atom. The normalized spacial score (nSPS) is 10.2. The minimum absolute atomic E-state index is 0.0385. The zero-order valence-electron chi connectivity index (χ0n) is 12.3. The molecule has 110 valence electrons. The standard InChI is InChI=1S/C16H18N2O2S/c1-10-5-4-6-13(12(10)3)18-15(19)9-17-16(20)14-8-7-11(2)21-14/h4-8H,9H2,1-3H3,(H,17,20)(H,18,19). The molecular formula is C16H18N2O2S. The maximum atomic E-state index is 11.9. The number of amides is 2. The van der Waals surface area contributed by atoms with Gasteiger partial charge in [-0.25, -0.2) is 0 Å². The molecule has 5 heteroatoms. The van der Waals surface area contributed by atoms with Gasteiger partial charge in [-0.2, -0.15) is 0 Å². The fourth-order valence-electron chi connectivity index (χ4n) is 1.89. The monoisotopic (exact) mass is 302 g/mol. The largest absolute Gasteiger partial charge is 0.342 e. The predicted octanol–water partition coefficient (Wildman–Crippen LogP) is 3.04. The summed E-state index contributed by atoms with van der Waals surface area (Å²) in [6, 6.07) is 9.38. The minimum Gasteiger partial charge on any atom is -0.342 e. The summed E-state index contributed by atoms with van der Waals surface area (Å²) in [7, 11) is 0. The molecule has 0 saturated carbocycles. The third kappa shape index (κ3) is 3.92. The molecule has 0 fully saturated rings. The third-order valence-electron chi connectivity index (χ3n) is 3.25. The van der Waals surface area contributed by atoms with Crippen LogP contribution in [0.15, 0.2) is 30.3 Å². The number of hydrogen-bond donors (Lipinski definition) is 2. The van der Waals surface area contributed by atoms with Crippen molar-refractivity contribution in [3.63, 3.8) is 0 Å². The molecular weight excluding hydrogens is 284 g/mol. The molecule has 0 bridgehead atoms. The molecule has 2 rings (SSSR count). The molecule has 21 heavy (non-hydrogen) atoms. The quantitative estimate of drug-likeness (QED) is 0.912. The molecule has 2 aromatic rings. The van der Waals surface area contributed by atoms with E-state index in [0.29, 0.717) is 4.88 Å². The first kappa shape index (κ1) is 15.3. The second-order valence-corrected chi connectivity index (χ2v) is 6.18. The predicted molar refractivity (Wildman–Crippen MR) is 85.9 cm³/mol. The smallest absolute Gasteiger partial charge is 0.261 e. The fraction of sp³-hybridized carbons (Fsp3) is 0.250. The highest BCUT2D eigenvalue weighted by Gasteiger charge is 2.10. The van der Waals surface area contributed by atoms with Crippen LogP contribution in [0.25, 0.3) is 0 Å². The summed E-state index contributed by atoms with van der Waals surface area (Å²) in [5, 5.41) is 5.44. The molecule has 0 aliphatic rings. The van der Waals surface area contributed by atoms with Crippen LogP contribution < -0.4 is 10.6 Å². The van der Waals surface area contributed by atoms with Crippen LogP contribution in [0.5, 0.6) is 0 Å². The van der Waals surface area contributed by atoms with Gasteiger partial charge in [0.1, 0.15) is 0 Å². The highest BCUT2D eigenvalue weighted by atomic mass is 32.1. The number of nitrogens with one attached hydrogen (secondary N) is 2. The molecule has 0 spiro atoms. The van der Waals surface area contributed by atoms with Crippen LogP contribution in [0, 0.1) is 20.8 Å². The summed E-state index contributed by atoms with van der Waals surface area (Å²) in [6.07, 6.45) is 0. The van der Waals surface area contributed by atoms with Crippen LogP contribution >= 0.6 is 11.3 Å². The van der Waals surface area contributed by atoms with Crippen molar-refractivity contribution >= 4 is 28.8 Å². The van der Waals surface area contributed by atoms with Gasteiger partial charge in [0, 0.05) is 10.6 Å². The number of aryl methyl sites for hydroxylation is 2. The summed E-state index contributed by atoms with van der Waals surface area (Å²) in [5.74, 6) is -0.449. The van der Waals surface area contributed by atoms with E-state index in [1.807, 2.05) is 45.0 Å². The highest BCUT2D eigenvalue weighted by molar-refractivity contribution is 7.13. The van der Waals surface area contributed by atoms with E-state index in [0.717, 1.165) is 21.7 Å². The molecule has 0 aliphatic heterocycles. The van der Waals surface area contributed by atoms with Crippen LogP contribution in [0.2, 0.25) is 0 Å². The molecule has 0 unspecified atom stereocenters. The van der Waals surface area contributed by atoms with E-state index < -0.39 is 0 Å².